The molecule has 2 aromatic carbocycles. The van der Waals surface area contributed by atoms with Gasteiger partial charge in [0.2, 0.25) is 0 Å². The van der Waals surface area contributed by atoms with Crippen LogP contribution in [0.25, 0.3) is 10.8 Å². The first-order valence-corrected chi connectivity index (χ1v) is 12.0. The van der Waals surface area contributed by atoms with Crippen molar-refractivity contribution in [3.05, 3.63) is 70.1 Å². The zero-order chi connectivity index (χ0) is 21.3. The minimum Gasteiger partial charge on any atom is -0.490 e. The highest BCUT2D eigenvalue weighted by Gasteiger charge is 2.21. The van der Waals surface area contributed by atoms with Gasteiger partial charge in [-0.3, -0.25) is 9.69 Å². The molecule has 0 bridgehead atoms. The van der Waals surface area contributed by atoms with Gasteiger partial charge in [-0.05, 0) is 66.6 Å². The highest BCUT2D eigenvalue weighted by molar-refractivity contribution is 7.90. The van der Waals surface area contributed by atoms with Gasteiger partial charge in [-0.15, -0.1) is 0 Å². The lowest BCUT2D eigenvalue weighted by atomic mass is 10.1. The lowest BCUT2D eigenvalue weighted by Gasteiger charge is -2.32. The van der Waals surface area contributed by atoms with Gasteiger partial charge in [0.25, 0.3) is 5.56 Å². The molecule has 1 fully saturated rings. The van der Waals surface area contributed by atoms with Crippen LogP contribution in [0.3, 0.4) is 0 Å². The van der Waals surface area contributed by atoms with Crippen LogP contribution >= 0.6 is 0 Å². The fourth-order valence-corrected chi connectivity index (χ4v) is 4.55. The summed E-state index contributed by atoms with van der Waals surface area (Å²) in [5, 5.41) is 1.56. The first-order valence-electron chi connectivity index (χ1n) is 10.1. The Hall–Kier alpha value is -2.64. The monoisotopic (exact) mass is 426 g/mol. The lowest BCUT2D eigenvalue weighted by Crippen LogP contribution is -2.37. The molecule has 7 heteroatoms. The average Bonchev–Trinajstić information content (AvgIpc) is 2.71. The van der Waals surface area contributed by atoms with E-state index in [1.807, 2.05) is 37.3 Å². The highest BCUT2D eigenvalue weighted by atomic mass is 32.2. The number of nitrogens with zero attached hydrogens (tertiary/aromatic N) is 1. The van der Waals surface area contributed by atoms with Crippen molar-refractivity contribution < 1.29 is 13.2 Å². The summed E-state index contributed by atoms with van der Waals surface area (Å²) in [4.78, 5) is 17.4. The SMILES string of the molecule is Cc1cc2c(=O)[nH]ccc2cc1OC1CCN(Cc2ccc(S(C)(=O)=O)cc2)CC1. The Morgan fingerprint density at radius 3 is 2.47 bits per heavy atom. The molecular weight excluding hydrogens is 400 g/mol. The Labute approximate surface area is 176 Å². The van der Waals surface area contributed by atoms with Crippen LogP contribution in [0.4, 0.5) is 0 Å². The molecule has 30 heavy (non-hydrogen) atoms. The summed E-state index contributed by atoms with van der Waals surface area (Å²) < 4.78 is 29.5. The van der Waals surface area contributed by atoms with Crippen molar-refractivity contribution in [3.8, 4) is 5.75 Å². The van der Waals surface area contributed by atoms with E-state index in [9.17, 15) is 13.2 Å². The number of likely N-dealkylation sites (tertiary alicyclic amines) is 1. The zero-order valence-corrected chi connectivity index (χ0v) is 18.0. The summed E-state index contributed by atoms with van der Waals surface area (Å²) in [5.74, 6) is 0.836. The Balaban J connectivity index is 1.36. The van der Waals surface area contributed by atoms with Gasteiger partial charge in [0, 0.05) is 37.5 Å². The molecule has 2 heterocycles. The van der Waals surface area contributed by atoms with Crippen LogP contribution in [0.5, 0.6) is 5.75 Å². The molecule has 1 aromatic heterocycles. The number of piperidine rings is 1. The van der Waals surface area contributed by atoms with E-state index in [-0.39, 0.29) is 11.7 Å². The van der Waals surface area contributed by atoms with Crippen LogP contribution in [-0.4, -0.2) is 43.8 Å². The van der Waals surface area contributed by atoms with E-state index >= 15 is 0 Å². The van der Waals surface area contributed by atoms with Gasteiger partial charge in [-0.25, -0.2) is 8.42 Å². The number of ether oxygens (including phenoxy) is 1. The summed E-state index contributed by atoms with van der Waals surface area (Å²) in [6, 6.07) is 12.9. The molecule has 1 saturated heterocycles. The highest BCUT2D eigenvalue weighted by Crippen LogP contribution is 2.27. The fraction of sp³-hybridized carbons (Fsp3) is 0.348. The third kappa shape index (κ3) is 4.57. The van der Waals surface area contributed by atoms with E-state index in [0.717, 1.165) is 54.7 Å². The third-order valence-electron chi connectivity index (χ3n) is 5.65. The standard InChI is InChI=1S/C23H26N2O4S/c1-16-13-21-18(7-10-24-23(21)26)14-22(16)29-19-8-11-25(12-9-19)15-17-3-5-20(6-4-17)30(2,27)28/h3-7,10,13-14,19H,8-9,11-12,15H2,1-2H3,(H,24,26). The van der Waals surface area contributed by atoms with Gasteiger partial charge in [0.15, 0.2) is 9.84 Å². The van der Waals surface area contributed by atoms with Crippen molar-refractivity contribution in [1.82, 2.24) is 9.88 Å². The van der Waals surface area contributed by atoms with Crippen molar-refractivity contribution in [2.24, 2.45) is 0 Å². The number of aromatic nitrogens is 1. The first kappa shape index (κ1) is 20.6. The van der Waals surface area contributed by atoms with Crippen LogP contribution in [0, 0.1) is 6.92 Å². The topological polar surface area (TPSA) is 79.5 Å². The second kappa shape index (κ2) is 8.24. The Morgan fingerprint density at radius 2 is 1.80 bits per heavy atom. The summed E-state index contributed by atoms with van der Waals surface area (Å²) >= 11 is 0. The number of benzene rings is 2. The fourth-order valence-electron chi connectivity index (χ4n) is 3.92. The summed E-state index contributed by atoms with van der Waals surface area (Å²) in [6.45, 7) is 4.61. The predicted octanol–water partition coefficient (Wildman–Crippen LogP) is 3.28. The molecule has 6 nitrogen and oxygen atoms in total. The van der Waals surface area contributed by atoms with E-state index in [1.54, 1.807) is 18.3 Å². The molecule has 1 aliphatic rings. The number of rotatable bonds is 5. The van der Waals surface area contributed by atoms with Crippen molar-refractivity contribution in [2.45, 2.75) is 37.3 Å². The van der Waals surface area contributed by atoms with Crippen molar-refractivity contribution in [3.63, 3.8) is 0 Å². The molecule has 4 rings (SSSR count). The number of hydrogen-bond acceptors (Lipinski definition) is 5. The van der Waals surface area contributed by atoms with Gasteiger partial charge in [0.05, 0.1) is 4.90 Å². The number of aryl methyl sites for hydroxylation is 1. The van der Waals surface area contributed by atoms with Gasteiger partial charge >= 0.3 is 0 Å². The minimum atomic E-state index is -3.16. The number of nitrogens with one attached hydrogen (secondary N) is 1. The molecule has 158 valence electrons. The van der Waals surface area contributed by atoms with E-state index in [4.69, 9.17) is 4.74 Å². The summed E-state index contributed by atoms with van der Waals surface area (Å²) in [6.07, 6.45) is 4.88. The van der Waals surface area contributed by atoms with Gasteiger partial charge in [-0.2, -0.15) is 0 Å². The number of fused-ring (bicyclic) bond motifs is 1. The number of aromatic amines is 1. The van der Waals surface area contributed by atoms with E-state index in [0.29, 0.717) is 10.3 Å². The van der Waals surface area contributed by atoms with Crippen LogP contribution in [0.2, 0.25) is 0 Å². The van der Waals surface area contributed by atoms with Crippen LogP contribution in [0.15, 0.2) is 58.4 Å². The molecule has 0 amide bonds. The third-order valence-corrected chi connectivity index (χ3v) is 6.78. The van der Waals surface area contributed by atoms with Crippen LogP contribution in [-0.2, 0) is 16.4 Å². The maximum absolute atomic E-state index is 12.0. The second-order valence-electron chi connectivity index (χ2n) is 8.02. The van der Waals surface area contributed by atoms with Crippen LogP contribution < -0.4 is 10.3 Å². The molecule has 0 atom stereocenters. The number of hydrogen-bond donors (Lipinski definition) is 1. The number of sulfone groups is 1. The van der Waals surface area contributed by atoms with Crippen molar-refractivity contribution in [2.75, 3.05) is 19.3 Å². The number of pyridine rings is 1. The summed E-state index contributed by atoms with van der Waals surface area (Å²) in [7, 11) is -3.16. The normalized spacial score (nSPS) is 16.1. The van der Waals surface area contributed by atoms with E-state index in [2.05, 4.69) is 9.88 Å². The van der Waals surface area contributed by atoms with Gasteiger partial charge < -0.3 is 9.72 Å². The largest absolute Gasteiger partial charge is 0.490 e. The molecular formula is C23H26N2O4S. The molecule has 0 unspecified atom stereocenters. The number of H-pyrrole nitrogens is 1. The van der Waals surface area contributed by atoms with Gasteiger partial charge in [-0.1, -0.05) is 12.1 Å². The average molecular weight is 427 g/mol. The minimum absolute atomic E-state index is 0.0833. The smallest absolute Gasteiger partial charge is 0.255 e. The quantitative estimate of drug-likeness (QED) is 0.677. The molecule has 0 saturated carbocycles. The Kier molecular flexibility index (Phi) is 5.66. The molecule has 0 spiro atoms. The molecule has 0 radical (unpaired) electrons. The van der Waals surface area contributed by atoms with E-state index < -0.39 is 9.84 Å². The Bertz CT molecular complexity index is 1210. The molecule has 3 aromatic rings. The zero-order valence-electron chi connectivity index (χ0n) is 17.2. The maximum Gasteiger partial charge on any atom is 0.255 e. The van der Waals surface area contributed by atoms with Gasteiger partial charge in [0.1, 0.15) is 11.9 Å². The second-order valence-corrected chi connectivity index (χ2v) is 10.0. The van der Waals surface area contributed by atoms with E-state index in [1.165, 1.54) is 6.26 Å². The Morgan fingerprint density at radius 1 is 1.10 bits per heavy atom. The predicted molar refractivity (Wildman–Crippen MR) is 118 cm³/mol. The van der Waals surface area contributed by atoms with Crippen molar-refractivity contribution in [1.29, 1.82) is 0 Å². The maximum atomic E-state index is 12.0. The van der Waals surface area contributed by atoms with Crippen LogP contribution in [0.1, 0.15) is 24.0 Å². The molecule has 0 aliphatic carbocycles. The molecule has 1 N–H and O–H groups in total. The van der Waals surface area contributed by atoms with Crippen molar-refractivity contribution >= 4 is 20.6 Å². The summed E-state index contributed by atoms with van der Waals surface area (Å²) in [5.41, 5.74) is 1.99. The lowest BCUT2D eigenvalue weighted by molar-refractivity contribution is 0.0964. The molecule has 1 aliphatic heterocycles. The first-order chi connectivity index (χ1) is 14.3.